The number of rotatable bonds is 11. The number of carbonyl (C=O) groups is 1. The minimum atomic E-state index is 0.0280. The third kappa shape index (κ3) is 6.20. The van der Waals surface area contributed by atoms with Crippen molar-refractivity contribution in [3.8, 4) is 5.75 Å². The Morgan fingerprint density at radius 2 is 2.21 bits per heavy atom. The number of hydrogen-bond donors (Lipinski definition) is 0. The van der Waals surface area contributed by atoms with Crippen LogP contribution in [0.2, 0.25) is 0 Å². The van der Waals surface area contributed by atoms with Crippen LogP contribution in [0.25, 0.3) is 0 Å². The van der Waals surface area contributed by atoms with Crippen molar-refractivity contribution in [2.24, 2.45) is 0 Å². The highest BCUT2D eigenvalue weighted by Gasteiger charge is 2.22. The molecule has 4 rings (SSSR count). The predicted octanol–water partition coefficient (Wildman–Crippen LogP) is 5.52. The number of benzene rings is 1. The van der Waals surface area contributed by atoms with Crippen molar-refractivity contribution in [2.75, 3.05) is 5.75 Å². The van der Waals surface area contributed by atoms with Crippen molar-refractivity contribution in [3.63, 3.8) is 0 Å². The number of aryl methyl sites for hydroxylation is 1. The minimum Gasteiger partial charge on any atom is -0.486 e. The lowest BCUT2D eigenvalue weighted by molar-refractivity contribution is -0.127. The summed E-state index contributed by atoms with van der Waals surface area (Å²) in [4.78, 5) is 15.1. The van der Waals surface area contributed by atoms with E-state index in [4.69, 9.17) is 9.15 Å². The molecule has 0 aliphatic heterocycles. The molecule has 0 unspecified atom stereocenters. The molecule has 2 aromatic heterocycles. The molecular weight excluding hydrogens is 448 g/mol. The van der Waals surface area contributed by atoms with Gasteiger partial charge in [0.2, 0.25) is 5.91 Å². The second kappa shape index (κ2) is 11.7. The molecule has 0 saturated heterocycles. The Hall–Kier alpha value is -3.26. The SMILES string of the molecule is C=CCn1c(COc2cccc(C)c2)nnc1SCC(=O)N(Cc1ccco1)C1=CCCCC1. The van der Waals surface area contributed by atoms with E-state index in [9.17, 15) is 4.79 Å². The maximum atomic E-state index is 13.3. The molecule has 2 heterocycles. The minimum absolute atomic E-state index is 0.0280. The van der Waals surface area contributed by atoms with Crippen LogP contribution in [0.1, 0.15) is 42.8 Å². The van der Waals surface area contributed by atoms with E-state index in [-0.39, 0.29) is 18.3 Å². The van der Waals surface area contributed by atoms with Crippen molar-refractivity contribution in [1.29, 1.82) is 0 Å². The Morgan fingerprint density at radius 3 is 2.94 bits per heavy atom. The van der Waals surface area contributed by atoms with E-state index in [0.717, 1.165) is 42.0 Å². The summed E-state index contributed by atoms with van der Waals surface area (Å²) in [6.45, 7) is 7.14. The van der Waals surface area contributed by atoms with Crippen molar-refractivity contribution >= 4 is 17.7 Å². The molecule has 1 amide bonds. The molecule has 0 saturated carbocycles. The lowest BCUT2D eigenvalue weighted by atomic mass is 10.0. The first-order valence-electron chi connectivity index (χ1n) is 11.5. The second-order valence-electron chi connectivity index (χ2n) is 8.19. The first-order valence-corrected chi connectivity index (χ1v) is 12.5. The van der Waals surface area contributed by atoms with Gasteiger partial charge in [0.25, 0.3) is 0 Å². The summed E-state index contributed by atoms with van der Waals surface area (Å²) in [7, 11) is 0. The molecule has 3 aromatic rings. The number of furan rings is 1. The number of aromatic nitrogens is 3. The standard InChI is InChI=1S/C26H30N4O3S/c1-3-14-29-24(18-33-22-12-7-9-20(2)16-22)27-28-26(29)34-19-25(31)30(17-23-13-8-15-32-23)21-10-5-4-6-11-21/h3,7-10,12-13,15-16H,1,4-6,11,14,17-19H2,2H3. The molecule has 0 radical (unpaired) electrons. The second-order valence-corrected chi connectivity index (χ2v) is 9.13. The maximum Gasteiger partial charge on any atom is 0.237 e. The molecule has 0 N–H and O–H groups in total. The Kier molecular flexibility index (Phi) is 8.25. The summed E-state index contributed by atoms with van der Waals surface area (Å²) in [5.41, 5.74) is 2.21. The highest BCUT2D eigenvalue weighted by atomic mass is 32.2. The Morgan fingerprint density at radius 1 is 1.29 bits per heavy atom. The number of nitrogens with zero attached hydrogens (tertiary/aromatic N) is 4. The highest BCUT2D eigenvalue weighted by molar-refractivity contribution is 7.99. The molecule has 7 nitrogen and oxygen atoms in total. The monoisotopic (exact) mass is 478 g/mol. The number of allylic oxidation sites excluding steroid dienone is 3. The van der Waals surface area contributed by atoms with Gasteiger partial charge in [-0.3, -0.25) is 9.36 Å². The first kappa shape index (κ1) is 23.9. The summed E-state index contributed by atoms with van der Waals surface area (Å²) in [6.07, 6.45) is 9.78. The largest absolute Gasteiger partial charge is 0.486 e. The van der Waals surface area contributed by atoms with Crippen molar-refractivity contribution in [2.45, 2.75) is 57.5 Å². The molecule has 0 fully saturated rings. The first-order chi connectivity index (χ1) is 16.6. The van der Waals surface area contributed by atoms with E-state index < -0.39 is 0 Å². The van der Waals surface area contributed by atoms with E-state index >= 15 is 0 Å². The molecule has 1 aliphatic carbocycles. The number of thioether (sulfide) groups is 1. The topological polar surface area (TPSA) is 73.4 Å². The van der Waals surface area contributed by atoms with E-state index in [1.165, 1.54) is 18.2 Å². The van der Waals surface area contributed by atoms with Gasteiger partial charge in [0.15, 0.2) is 11.0 Å². The fraction of sp³-hybridized carbons (Fsp3) is 0.346. The maximum absolute atomic E-state index is 13.3. The fourth-order valence-electron chi connectivity index (χ4n) is 3.88. The van der Waals surface area contributed by atoms with Gasteiger partial charge in [-0.2, -0.15) is 0 Å². The van der Waals surface area contributed by atoms with Crippen LogP contribution in [0.5, 0.6) is 5.75 Å². The van der Waals surface area contributed by atoms with Crippen LogP contribution in [0.15, 0.2) is 76.7 Å². The van der Waals surface area contributed by atoms with Gasteiger partial charge in [-0.25, -0.2) is 0 Å². The van der Waals surface area contributed by atoms with Gasteiger partial charge in [0, 0.05) is 12.2 Å². The lowest BCUT2D eigenvalue weighted by Crippen LogP contribution is -2.32. The van der Waals surface area contributed by atoms with Crippen molar-refractivity contribution in [3.05, 3.63) is 84.2 Å². The molecular formula is C26H30N4O3S. The van der Waals surface area contributed by atoms with Gasteiger partial charge in [-0.05, 0) is 62.4 Å². The number of carbonyl (C=O) groups excluding carboxylic acids is 1. The molecule has 34 heavy (non-hydrogen) atoms. The normalized spacial score (nSPS) is 13.4. The van der Waals surface area contributed by atoms with Crippen LogP contribution in [0.3, 0.4) is 0 Å². The lowest BCUT2D eigenvalue weighted by Gasteiger charge is -2.27. The van der Waals surface area contributed by atoms with Crippen LogP contribution >= 0.6 is 11.8 Å². The molecule has 0 bridgehead atoms. The van der Waals surface area contributed by atoms with E-state index in [2.05, 4.69) is 22.9 Å². The summed E-state index contributed by atoms with van der Waals surface area (Å²) in [5, 5.41) is 9.32. The van der Waals surface area contributed by atoms with Gasteiger partial charge < -0.3 is 14.1 Å². The zero-order valence-corrected chi connectivity index (χ0v) is 20.3. The Labute approximate surface area is 204 Å². The van der Waals surface area contributed by atoms with Gasteiger partial charge in [-0.1, -0.05) is 36.0 Å². The van der Waals surface area contributed by atoms with Gasteiger partial charge in [0.05, 0.1) is 18.6 Å². The van der Waals surface area contributed by atoms with Crippen molar-refractivity contribution < 1.29 is 13.9 Å². The molecule has 178 valence electrons. The van der Waals surface area contributed by atoms with Crippen LogP contribution in [-0.2, 0) is 24.5 Å². The number of hydrogen-bond acceptors (Lipinski definition) is 6. The number of ether oxygens (including phenoxy) is 1. The molecule has 1 aromatic carbocycles. The van der Waals surface area contributed by atoms with Crippen LogP contribution in [-0.4, -0.2) is 31.3 Å². The molecule has 8 heteroatoms. The van der Waals surface area contributed by atoms with Gasteiger partial charge >= 0.3 is 0 Å². The third-order valence-corrected chi connectivity index (χ3v) is 6.55. The summed E-state index contributed by atoms with van der Waals surface area (Å²) >= 11 is 1.38. The molecule has 0 spiro atoms. The van der Waals surface area contributed by atoms with Gasteiger partial charge in [-0.15, -0.1) is 16.8 Å². The van der Waals surface area contributed by atoms with E-state index in [1.807, 2.05) is 52.8 Å². The quantitative estimate of drug-likeness (QED) is 0.267. The summed E-state index contributed by atoms with van der Waals surface area (Å²) in [5.74, 6) is 2.53. The average Bonchev–Trinajstić information content (AvgIpc) is 3.50. The number of amides is 1. The van der Waals surface area contributed by atoms with Crippen molar-refractivity contribution in [1.82, 2.24) is 19.7 Å². The summed E-state index contributed by atoms with van der Waals surface area (Å²) < 4.78 is 13.4. The molecule has 1 aliphatic rings. The highest BCUT2D eigenvalue weighted by Crippen LogP contribution is 2.26. The smallest absolute Gasteiger partial charge is 0.237 e. The molecule has 0 atom stereocenters. The zero-order chi connectivity index (χ0) is 23.8. The Balaban J connectivity index is 1.43. The van der Waals surface area contributed by atoms with Crippen LogP contribution < -0.4 is 4.74 Å². The average molecular weight is 479 g/mol. The van der Waals surface area contributed by atoms with Crippen LogP contribution in [0.4, 0.5) is 0 Å². The van der Waals surface area contributed by atoms with Crippen LogP contribution in [0, 0.1) is 6.92 Å². The van der Waals surface area contributed by atoms with E-state index in [0.29, 0.717) is 24.1 Å². The third-order valence-electron chi connectivity index (χ3n) is 5.60. The van der Waals surface area contributed by atoms with E-state index in [1.54, 1.807) is 12.3 Å². The fourth-order valence-corrected chi connectivity index (χ4v) is 4.72. The summed E-state index contributed by atoms with van der Waals surface area (Å²) in [6, 6.07) is 11.6. The Bertz CT molecular complexity index is 1140. The predicted molar refractivity (Wildman–Crippen MR) is 132 cm³/mol. The van der Waals surface area contributed by atoms with Gasteiger partial charge in [0.1, 0.15) is 18.1 Å². The zero-order valence-electron chi connectivity index (χ0n) is 19.5.